The van der Waals surface area contributed by atoms with E-state index in [0.717, 1.165) is 76.7 Å². The minimum absolute atomic E-state index is 0.0659. The van der Waals surface area contributed by atoms with Crippen molar-refractivity contribution >= 4 is 124 Å². The molecule has 8 aliphatic heterocycles. The van der Waals surface area contributed by atoms with Crippen LogP contribution < -0.4 is 39.2 Å². The number of anilines is 12. The second-order valence-corrected chi connectivity index (χ2v) is 29.4. The van der Waals surface area contributed by atoms with Gasteiger partial charge in [0.15, 0.2) is 34.7 Å². The molecule has 0 fully saturated rings. The summed E-state index contributed by atoms with van der Waals surface area (Å²) in [5.41, 5.74) is 24.6. The number of hydrogen-bond acceptors (Lipinski definition) is 17. The molecule has 0 bridgehead atoms. The molecule has 11 aliphatic rings. The molecule has 0 N–H and O–H groups in total. The SMILES string of the molecule is CN1c2cc3c(cc2N2c4ccc(C#N)cc4CC12)C(=O)c1ccccc1C3=O.CN1c2cc3c(cc2N2c4ccccc4CC12)C(=O)c1ccccc1C3=O.CN1c2cc3c(cc2N2c4ccncc4CC12)C(=O)c1ccccc1C3=O.CN1c2cc3cc4ccccc4cc3cc2N2c3ccncc3CC12. The number of nitrogens with zero attached hydrogens (tertiary/aromatic N) is 11. The van der Waals surface area contributed by atoms with Crippen LogP contribution in [0.1, 0.15) is 123 Å². The Balaban J connectivity index is 0.0000000920. The number of likely N-dealkylation sites (N-methyl/N-ethyl adjacent to an activating group) is 4. The minimum Gasteiger partial charge on any atom is -0.352 e. The quantitative estimate of drug-likeness (QED) is 0.131. The van der Waals surface area contributed by atoms with Crippen LogP contribution >= 0.6 is 0 Å². The highest BCUT2D eigenvalue weighted by molar-refractivity contribution is 6.31. The zero-order valence-corrected chi connectivity index (χ0v) is 59.0. The Morgan fingerprint density at radius 2 is 0.574 bits per heavy atom. The van der Waals surface area contributed by atoms with E-state index in [4.69, 9.17) is 0 Å². The number of aromatic nitrogens is 2. The van der Waals surface area contributed by atoms with E-state index >= 15 is 0 Å². The number of fused-ring (bicyclic) bond motifs is 28. The molecular formula is C91H63N11O6. The van der Waals surface area contributed by atoms with Crippen molar-refractivity contribution in [3.63, 3.8) is 0 Å². The second kappa shape index (κ2) is 23.1. The predicted octanol–water partition coefficient (Wildman–Crippen LogP) is 15.9. The lowest BCUT2D eigenvalue weighted by Gasteiger charge is -2.23. The predicted molar refractivity (Wildman–Crippen MR) is 419 cm³/mol. The first-order valence-electron chi connectivity index (χ1n) is 36.3. The van der Waals surface area contributed by atoms with Gasteiger partial charge in [-0.05, 0) is 141 Å². The zero-order chi connectivity index (χ0) is 73.0. The molecule has 17 heteroatoms. The van der Waals surface area contributed by atoms with E-state index in [9.17, 15) is 34.0 Å². The monoisotopic (exact) mass is 1410 g/mol. The number of ketones is 6. The van der Waals surface area contributed by atoms with E-state index in [1.807, 2.05) is 112 Å². The van der Waals surface area contributed by atoms with Gasteiger partial charge in [-0.25, -0.2) is 0 Å². The minimum atomic E-state index is -0.108. The van der Waals surface area contributed by atoms with Crippen LogP contribution in [0.15, 0.2) is 237 Å². The standard InChI is InChI=1S/C24H15N3O2.C23H16N2O2.C22H15N3O2.C22H17N3/c1-26-20-10-17-18(24(29)16-5-3-2-4-15(16)23(17)28)11-21(20)27-19-7-6-13(12-25)8-14(19)9-22(26)27;1-24-19-11-16-17(23(27)15-8-4-3-7-14(15)22(16)26)12-20(19)25-18-9-5-2-6-13(18)10-21(24)25;1-24-18-9-15-16(22(27)14-5-3-2-4-13(14)21(15)26)10-19(18)25-17-6-7-23-11-12(17)8-20(24)25;1-24-20-10-16-8-14-4-2-3-5-15(14)9-17(16)11-21(20)25-19-6-7-23-13-18(19)12-22(24)25/h2-8,10-11,22H,9H2,1H3;2-9,11-12,21H,10H2,1H3;2-7,9-11,20H,8H2,1H3;2-11,13,22H,12H2,1H3. The van der Waals surface area contributed by atoms with Gasteiger partial charge in [0.05, 0.1) is 57.1 Å². The lowest BCUT2D eigenvalue weighted by atomic mass is 9.83. The molecule has 10 heterocycles. The Hall–Kier alpha value is -13.9. The number of pyridine rings is 2. The first-order valence-corrected chi connectivity index (χ1v) is 36.3. The average molecular weight is 1410 g/mol. The number of carbonyl (C=O) groups excluding carboxylic acids is 6. The van der Waals surface area contributed by atoms with Crippen molar-refractivity contribution in [2.24, 2.45) is 0 Å². The van der Waals surface area contributed by atoms with Crippen molar-refractivity contribution in [2.75, 3.05) is 67.4 Å². The van der Waals surface area contributed by atoms with Crippen molar-refractivity contribution in [1.82, 2.24) is 9.97 Å². The number of rotatable bonds is 0. The fourth-order valence-corrected chi connectivity index (χ4v) is 18.7. The fraction of sp³-hybridized carbons (Fsp3) is 0.132. The molecule has 0 radical (unpaired) electrons. The van der Waals surface area contributed by atoms with E-state index in [1.165, 1.54) is 61.0 Å². The number of hydrogen-bond donors (Lipinski definition) is 0. The largest absolute Gasteiger partial charge is 0.352 e. The molecule has 2 aromatic heterocycles. The second-order valence-electron chi connectivity index (χ2n) is 29.4. The maximum absolute atomic E-state index is 13.1. The van der Waals surface area contributed by atoms with E-state index < -0.39 is 0 Å². The summed E-state index contributed by atoms with van der Waals surface area (Å²) in [5, 5.41) is 14.4. The highest BCUT2D eigenvalue weighted by Crippen LogP contribution is 2.56. The molecular weight excluding hydrogens is 1340 g/mol. The zero-order valence-electron chi connectivity index (χ0n) is 59.0. The van der Waals surface area contributed by atoms with Crippen molar-refractivity contribution in [1.29, 1.82) is 5.26 Å². The maximum Gasteiger partial charge on any atom is 0.194 e. The highest BCUT2D eigenvalue weighted by atomic mass is 16.2. The van der Waals surface area contributed by atoms with Crippen molar-refractivity contribution in [3.05, 3.63) is 332 Å². The van der Waals surface area contributed by atoms with Gasteiger partial charge in [0, 0.05) is 168 Å². The summed E-state index contributed by atoms with van der Waals surface area (Å²) in [6, 6.07) is 70.9. The summed E-state index contributed by atoms with van der Waals surface area (Å²) >= 11 is 0. The van der Waals surface area contributed by atoms with E-state index in [0.29, 0.717) is 78.5 Å². The van der Waals surface area contributed by atoms with Gasteiger partial charge in [-0.3, -0.25) is 38.7 Å². The summed E-state index contributed by atoms with van der Waals surface area (Å²) in [6.07, 6.45) is 12.0. The lowest BCUT2D eigenvalue weighted by Crippen LogP contribution is -2.35. The van der Waals surface area contributed by atoms with Crippen molar-refractivity contribution in [2.45, 2.75) is 50.3 Å². The van der Waals surface area contributed by atoms with E-state index in [2.05, 4.69) is 142 Å². The van der Waals surface area contributed by atoms with Gasteiger partial charge in [0.2, 0.25) is 0 Å². The van der Waals surface area contributed by atoms with E-state index in [-0.39, 0.29) is 53.2 Å². The summed E-state index contributed by atoms with van der Waals surface area (Å²) in [5.74, 6) is -0.498. The van der Waals surface area contributed by atoms with Gasteiger partial charge < -0.3 is 39.2 Å². The van der Waals surface area contributed by atoms with Gasteiger partial charge in [0.25, 0.3) is 0 Å². The first-order chi connectivity index (χ1) is 52.7. The molecule has 11 aromatic carbocycles. The lowest BCUT2D eigenvalue weighted by molar-refractivity contribution is 0.0979. The van der Waals surface area contributed by atoms with Crippen LogP contribution in [0.5, 0.6) is 0 Å². The van der Waals surface area contributed by atoms with Gasteiger partial charge >= 0.3 is 0 Å². The molecule has 0 saturated carbocycles. The van der Waals surface area contributed by atoms with Crippen LogP contribution in [0.4, 0.5) is 68.2 Å². The third kappa shape index (κ3) is 8.85. The number of para-hydroxylation sites is 1. The molecule has 0 amide bonds. The number of benzene rings is 11. The summed E-state index contributed by atoms with van der Waals surface area (Å²) in [7, 11) is 8.31. The number of carbonyl (C=O) groups is 6. The maximum atomic E-state index is 13.1. The Bertz CT molecular complexity index is 6190. The third-order valence-corrected chi connectivity index (χ3v) is 24.0. The van der Waals surface area contributed by atoms with Gasteiger partial charge in [-0.2, -0.15) is 5.26 Å². The molecule has 0 saturated heterocycles. The molecule has 108 heavy (non-hydrogen) atoms. The summed E-state index contributed by atoms with van der Waals surface area (Å²) in [4.78, 5) is 105. The van der Waals surface area contributed by atoms with Crippen LogP contribution in [-0.4, -0.2) is 97.5 Å². The molecule has 17 nitrogen and oxygen atoms in total. The van der Waals surface area contributed by atoms with Crippen molar-refractivity contribution < 1.29 is 28.8 Å². The molecule has 4 unspecified atom stereocenters. The average Bonchev–Trinajstić information content (AvgIpc) is 1.74. The van der Waals surface area contributed by atoms with Crippen molar-refractivity contribution in [3.8, 4) is 6.07 Å². The number of nitriles is 1. The Morgan fingerprint density at radius 1 is 0.278 bits per heavy atom. The molecule has 24 rings (SSSR count). The Morgan fingerprint density at radius 3 is 0.963 bits per heavy atom. The fourth-order valence-electron chi connectivity index (χ4n) is 18.7. The van der Waals surface area contributed by atoms with Gasteiger partial charge in [-0.1, -0.05) is 115 Å². The van der Waals surface area contributed by atoms with Gasteiger partial charge in [-0.15, -0.1) is 0 Å². The molecule has 13 aromatic rings. The summed E-state index contributed by atoms with van der Waals surface area (Å²) < 4.78 is 0. The van der Waals surface area contributed by atoms with Crippen LogP contribution in [-0.2, 0) is 25.7 Å². The van der Waals surface area contributed by atoms with Gasteiger partial charge in [0.1, 0.15) is 24.7 Å². The van der Waals surface area contributed by atoms with Crippen LogP contribution in [0.25, 0.3) is 21.5 Å². The van der Waals surface area contributed by atoms with Crippen LogP contribution in [0.3, 0.4) is 0 Å². The van der Waals surface area contributed by atoms with Crippen LogP contribution in [0.2, 0.25) is 0 Å². The van der Waals surface area contributed by atoms with E-state index in [1.54, 1.807) is 66.9 Å². The summed E-state index contributed by atoms with van der Waals surface area (Å²) in [6.45, 7) is 0. The normalized spacial score (nSPS) is 18.4. The third-order valence-electron chi connectivity index (χ3n) is 24.0. The molecule has 0 spiro atoms. The highest BCUT2D eigenvalue weighted by Gasteiger charge is 2.48. The first kappa shape index (κ1) is 62.7. The smallest absolute Gasteiger partial charge is 0.194 e. The Kier molecular flexibility index (Phi) is 13.4. The molecule has 3 aliphatic carbocycles. The molecule has 4 atom stereocenters. The topological polar surface area (TPSA) is 178 Å². The Labute approximate surface area is 620 Å². The van der Waals surface area contributed by atoms with Crippen LogP contribution in [0, 0.1) is 11.3 Å². The molecule has 518 valence electrons.